The Morgan fingerprint density at radius 1 is 0.613 bits per heavy atom. The number of aromatic nitrogens is 3. The molecule has 0 N–H and O–H groups in total. The second-order valence-corrected chi connectivity index (χ2v) is 9.97. The number of benzene rings is 3. The Hall–Kier alpha value is -3.54. The molecule has 0 amide bonds. The molecule has 0 saturated heterocycles. The van der Waals surface area contributed by atoms with Gasteiger partial charge in [-0.15, -0.1) is 22.7 Å². The Labute approximate surface area is 183 Å². The van der Waals surface area contributed by atoms with E-state index >= 15 is 0 Å². The third-order valence-electron chi connectivity index (χ3n) is 6.36. The van der Waals surface area contributed by atoms with E-state index in [1.807, 2.05) is 41.3 Å². The Bertz CT molecular complexity index is 2010. The first-order valence-electron chi connectivity index (χ1n) is 10.2. The van der Waals surface area contributed by atoms with E-state index in [0.29, 0.717) is 0 Å². The van der Waals surface area contributed by atoms with Gasteiger partial charge in [0.05, 0.1) is 19.6 Å². The highest BCUT2D eigenvalue weighted by atomic mass is 32.1. The number of hydrogen-bond acceptors (Lipinski definition) is 4. The van der Waals surface area contributed by atoms with Crippen LogP contribution in [0.4, 0.5) is 0 Å². The summed E-state index contributed by atoms with van der Waals surface area (Å²) in [4.78, 5) is 9.09. The van der Waals surface area contributed by atoms with Gasteiger partial charge >= 0.3 is 0 Å². The second-order valence-electron chi connectivity index (χ2n) is 7.90. The molecular formula is C26H13N3S2. The van der Waals surface area contributed by atoms with Gasteiger partial charge in [-0.25, -0.2) is 4.98 Å². The number of thiophene rings is 2. The molecule has 3 aromatic carbocycles. The van der Waals surface area contributed by atoms with Crippen molar-refractivity contribution >= 4 is 90.3 Å². The van der Waals surface area contributed by atoms with E-state index in [1.165, 1.54) is 51.2 Å². The molecule has 8 rings (SSSR count). The number of hydrogen-bond donors (Lipinski definition) is 0. The molecule has 0 spiro atoms. The number of fused-ring (bicyclic) bond motifs is 14. The Balaban J connectivity index is 1.65. The number of rotatable bonds is 0. The van der Waals surface area contributed by atoms with Crippen LogP contribution in [0.25, 0.3) is 67.7 Å². The third-order valence-corrected chi connectivity index (χ3v) is 8.94. The Morgan fingerprint density at radius 3 is 2.32 bits per heavy atom. The fourth-order valence-electron chi connectivity index (χ4n) is 5.01. The van der Waals surface area contributed by atoms with Gasteiger partial charge in [-0.2, -0.15) is 0 Å². The van der Waals surface area contributed by atoms with Crippen molar-refractivity contribution in [2.24, 2.45) is 0 Å². The molecule has 0 radical (unpaired) electrons. The van der Waals surface area contributed by atoms with Crippen molar-refractivity contribution in [2.75, 3.05) is 0 Å². The molecule has 144 valence electrons. The van der Waals surface area contributed by atoms with E-state index in [2.05, 4.69) is 75.2 Å². The maximum absolute atomic E-state index is 4.68. The summed E-state index contributed by atoms with van der Waals surface area (Å²) in [5.74, 6) is 0. The summed E-state index contributed by atoms with van der Waals surface area (Å²) >= 11 is 3.80. The molecule has 0 bridgehead atoms. The van der Waals surface area contributed by atoms with Gasteiger partial charge in [0.1, 0.15) is 5.65 Å². The summed E-state index contributed by atoms with van der Waals surface area (Å²) in [5, 5.41) is 8.86. The van der Waals surface area contributed by atoms with Crippen LogP contribution in [0.3, 0.4) is 0 Å². The van der Waals surface area contributed by atoms with Crippen LogP contribution in [0.2, 0.25) is 0 Å². The summed E-state index contributed by atoms with van der Waals surface area (Å²) < 4.78 is 7.67. The predicted octanol–water partition coefficient (Wildman–Crippen LogP) is 7.77. The first-order chi connectivity index (χ1) is 15.4. The molecule has 0 saturated carbocycles. The first-order valence-corrected chi connectivity index (χ1v) is 11.8. The van der Waals surface area contributed by atoms with E-state index in [9.17, 15) is 0 Å². The van der Waals surface area contributed by atoms with Gasteiger partial charge in [0.25, 0.3) is 0 Å². The van der Waals surface area contributed by atoms with Gasteiger partial charge in [0.2, 0.25) is 0 Å². The zero-order valence-corrected chi connectivity index (χ0v) is 17.8. The van der Waals surface area contributed by atoms with Crippen molar-refractivity contribution in [2.45, 2.75) is 0 Å². The minimum Gasteiger partial charge on any atom is -0.298 e. The molecule has 5 heteroatoms. The lowest BCUT2D eigenvalue weighted by atomic mass is 10.0. The van der Waals surface area contributed by atoms with Crippen molar-refractivity contribution in [3.63, 3.8) is 0 Å². The lowest BCUT2D eigenvalue weighted by molar-refractivity contribution is 1.28. The van der Waals surface area contributed by atoms with Gasteiger partial charge < -0.3 is 0 Å². The molecule has 8 aromatic rings. The van der Waals surface area contributed by atoms with Gasteiger partial charge in [-0.05, 0) is 12.1 Å². The minimum absolute atomic E-state index is 0.988. The van der Waals surface area contributed by atoms with E-state index in [0.717, 1.165) is 16.4 Å². The smallest absolute Gasteiger partial charge is 0.145 e. The molecule has 0 fully saturated rings. The van der Waals surface area contributed by atoms with E-state index in [1.54, 1.807) is 0 Å². The normalized spacial score (nSPS) is 12.5. The lowest BCUT2D eigenvalue weighted by Crippen LogP contribution is -1.91. The summed E-state index contributed by atoms with van der Waals surface area (Å²) in [7, 11) is 0. The molecule has 31 heavy (non-hydrogen) atoms. The average molecular weight is 432 g/mol. The van der Waals surface area contributed by atoms with Crippen LogP contribution >= 0.6 is 22.7 Å². The van der Waals surface area contributed by atoms with Crippen molar-refractivity contribution in [1.29, 1.82) is 0 Å². The predicted molar refractivity (Wildman–Crippen MR) is 134 cm³/mol. The van der Waals surface area contributed by atoms with Crippen LogP contribution in [-0.2, 0) is 0 Å². The van der Waals surface area contributed by atoms with Crippen molar-refractivity contribution in [3.05, 3.63) is 79.4 Å². The molecule has 5 aromatic heterocycles. The van der Waals surface area contributed by atoms with Gasteiger partial charge in [0.15, 0.2) is 0 Å². The zero-order chi connectivity index (χ0) is 20.1. The summed E-state index contributed by atoms with van der Waals surface area (Å²) in [5.41, 5.74) is 2.21. The van der Waals surface area contributed by atoms with Crippen LogP contribution in [0.1, 0.15) is 0 Å². The monoisotopic (exact) mass is 431 g/mol. The topological polar surface area (TPSA) is 30.2 Å². The summed E-state index contributed by atoms with van der Waals surface area (Å²) in [6.45, 7) is 0. The number of pyridine rings is 2. The number of nitrogens with zero attached hydrogens (tertiary/aromatic N) is 3. The Morgan fingerprint density at radius 2 is 1.39 bits per heavy atom. The fraction of sp³-hybridized carbons (Fsp3) is 0. The highest BCUT2D eigenvalue weighted by molar-refractivity contribution is 7.34. The molecule has 0 aliphatic heterocycles. The summed E-state index contributed by atoms with van der Waals surface area (Å²) in [6, 6.07) is 19.9. The second kappa shape index (κ2) is 5.58. The van der Waals surface area contributed by atoms with E-state index in [4.69, 9.17) is 0 Å². The maximum atomic E-state index is 4.68. The van der Waals surface area contributed by atoms with Crippen LogP contribution in [0, 0.1) is 0 Å². The summed E-state index contributed by atoms with van der Waals surface area (Å²) in [6.07, 6.45) is 7.79. The zero-order valence-electron chi connectivity index (χ0n) is 16.2. The molecule has 0 aliphatic carbocycles. The minimum atomic E-state index is 0.988. The molecular weight excluding hydrogens is 418 g/mol. The largest absolute Gasteiger partial charge is 0.298 e. The van der Waals surface area contributed by atoms with E-state index in [-0.39, 0.29) is 0 Å². The van der Waals surface area contributed by atoms with Gasteiger partial charge in [-0.3, -0.25) is 9.38 Å². The highest BCUT2D eigenvalue weighted by Crippen LogP contribution is 2.46. The number of imidazole rings is 1. The molecule has 0 aliphatic rings. The maximum Gasteiger partial charge on any atom is 0.145 e. The van der Waals surface area contributed by atoms with Crippen LogP contribution in [0.5, 0.6) is 0 Å². The van der Waals surface area contributed by atoms with Crippen molar-refractivity contribution < 1.29 is 0 Å². The van der Waals surface area contributed by atoms with Gasteiger partial charge in [-0.1, -0.05) is 42.5 Å². The molecule has 0 atom stereocenters. The highest BCUT2D eigenvalue weighted by Gasteiger charge is 2.17. The van der Waals surface area contributed by atoms with Gasteiger partial charge in [0, 0.05) is 67.2 Å². The molecule has 0 unspecified atom stereocenters. The van der Waals surface area contributed by atoms with Crippen LogP contribution in [0.15, 0.2) is 79.4 Å². The van der Waals surface area contributed by atoms with Crippen LogP contribution in [-0.4, -0.2) is 14.4 Å². The fourth-order valence-corrected chi connectivity index (χ4v) is 7.69. The standard InChI is InChI=1S/C26H13N3S2/c1-2-4-21-14(3-1)16-7-8-18-17-6-5-15-20-13-27-10-9-19(20)26-28-11-12-29(26)22(15)23(17)31-25(18)24(16)30-21/h1-13H. The Kier molecular flexibility index (Phi) is 2.91. The third kappa shape index (κ3) is 1.93. The molecule has 3 nitrogen and oxygen atoms in total. The van der Waals surface area contributed by atoms with Crippen LogP contribution < -0.4 is 0 Å². The average Bonchev–Trinajstić information content (AvgIpc) is 3.53. The molecule has 5 heterocycles. The first kappa shape index (κ1) is 16.2. The van der Waals surface area contributed by atoms with Crippen molar-refractivity contribution in [1.82, 2.24) is 14.4 Å². The lowest BCUT2D eigenvalue weighted by Gasteiger charge is -2.08. The quantitative estimate of drug-likeness (QED) is 0.230. The van der Waals surface area contributed by atoms with Crippen molar-refractivity contribution in [3.8, 4) is 0 Å². The van der Waals surface area contributed by atoms with E-state index < -0.39 is 0 Å². The SMILES string of the molecule is c1ccc2c(c1)sc1c2ccc2c3ccc4c5cnccc5c5nccn5c4c3sc21.